The van der Waals surface area contributed by atoms with Gasteiger partial charge in [0.2, 0.25) is 0 Å². The fourth-order valence-corrected chi connectivity index (χ4v) is 3.78. The number of amides is 1. The molecule has 140 valence electrons. The molecule has 2 aromatic heterocycles. The number of ether oxygens (including phenoxy) is 1. The summed E-state index contributed by atoms with van der Waals surface area (Å²) in [7, 11) is 0. The summed E-state index contributed by atoms with van der Waals surface area (Å²) in [5, 5.41) is 3.13. The van der Waals surface area contributed by atoms with Crippen molar-refractivity contribution in [3.8, 4) is 5.75 Å². The van der Waals surface area contributed by atoms with Crippen LogP contribution in [-0.4, -0.2) is 21.9 Å². The molecule has 0 unspecified atom stereocenters. The molecular weight excluding hydrogens is 376 g/mol. The Labute approximate surface area is 158 Å². The first-order valence-corrected chi connectivity index (χ1v) is 8.92. The summed E-state index contributed by atoms with van der Waals surface area (Å²) in [6.07, 6.45) is 4.06. The van der Waals surface area contributed by atoms with E-state index >= 15 is 0 Å². The second kappa shape index (κ2) is 7.15. The summed E-state index contributed by atoms with van der Waals surface area (Å²) in [5.74, 6) is -0.204. The standard InChI is InChI=1S/C19H16ClF2N3O2/c20-17-16(25-9-2-1-6-15(25)24-17)18(26)23-14-5-3-4-11-10-12(27-19(21)22)7-8-13(11)14/h1-2,6-10,14,19H,3-5H2,(H,23,26)/t14-/m1/s1. The third kappa shape index (κ3) is 3.47. The number of hydrogen-bond acceptors (Lipinski definition) is 3. The number of hydrogen-bond donors (Lipinski definition) is 1. The van der Waals surface area contributed by atoms with E-state index in [1.165, 1.54) is 6.07 Å². The predicted octanol–water partition coefficient (Wildman–Crippen LogP) is 4.40. The van der Waals surface area contributed by atoms with Crippen molar-refractivity contribution in [2.75, 3.05) is 0 Å². The zero-order valence-corrected chi connectivity index (χ0v) is 14.9. The Morgan fingerprint density at radius 3 is 3.00 bits per heavy atom. The number of nitrogens with zero attached hydrogens (tertiary/aromatic N) is 2. The molecule has 0 saturated carbocycles. The van der Waals surface area contributed by atoms with Gasteiger partial charge in [-0.15, -0.1) is 0 Å². The Morgan fingerprint density at radius 2 is 2.19 bits per heavy atom. The van der Waals surface area contributed by atoms with Gasteiger partial charge in [0.15, 0.2) is 10.8 Å². The van der Waals surface area contributed by atoms with E-state index in [0.29, 0.717) is 5.65 Å². The van der Waals surface area contributed by atoms with Crippen molar-refractivity contribution in [3.63, 3.8) is 0 Å². The molecule has 1 aromatic carbocycles. The molecule has 0 saturated heterocycles. The van der Waals surface area contributed by atoms with E-state index in [4.69, 9.17) is 11.6 Å². The second-order valence-corrected chi connectivity index (χ2v) is 6.70. The molecule has 1 aliphatic carbocycles. The van der Waals surface area contributed by atoms with Gasteiger partial charge in [0.05, 0.1) is 6.04 Å². The lowest BCUT2D eigenvalue weighted by atomic mass is 9.87. The monoisotopic (exact) mass is 391 g/mol. The van der Waals surface area contributed by atoms with Crippen LogP contribution in [0.4, 0.5) is 8.78 Å². The van der Waals surface area contributed by atoms with Crippen LogP contribution in [-0.2, 0) is 6.42 Å². The van der Waals surface area contributed by atoms with Crippen LogP contribution in [0.15, 0.2) is 42.6 Å². The molecule has 0 fully saturated rings. The number of rotatable bonds is 4. The summed E-state index contributed by atoms with van der Waals surface area (Å²) in [6, 6.07) is 9.99. The molecule has 4 rings (SSSR count). The molecule has 5 nitrogen and oxygen atoms in total. The molecule has 0 radical (unpaired) electrons. The lowest BCUT2D eigenvalue weighted by Crippen LogP contribution is -2.32. The van der Waals surface area contributed by atoms with Gasteiger partial charge in [0.25, 0.3) is 5.91 Å². The van der Waals surface area contributed by atoms with Crippen molar-refractivity contribution in [2.45, 2.75) is 31.9 Å². The Hall–Kier alpha value is -2.67. The summed E-state index contributed by atoms with van der Waals surface area (Å²) in [6.45, 7) is -2.86. The van der Waals surface area contributed by atoms with Gasteiger partial charge in [-0.25, -0.2) is 4.98 Å². The normalized spacial score (nSPS) is 16.4. The van der Waals surface area contributed by atoms with Crippen molar-refractivity contribution in [1.82, 2.24) is 14.7 Å². The molecule has 27 heavy (non-hydrogen) atoms. The molecule has 1 aliphatic rings. The first-order chi connectivity index (χ1) is 13.0. The largest absolute Gasteiger partial charge is 0.435 e. The van der Waals surface area contributed by atoms with Crippen molar-refractivity contribution in [3.05, 3.63) is 64.6 Å². The van der Waals surface area contributed by atoms with E-state index in [1.807, 2.05) is 6.07 Å². The first-order valence-electron chi connectivity index (χ1n) is 8.54. The number of carbonyl (C=O) groups is 1. The number of halogens is 3. The maximum Gasteiger partial charge on any atom is 0.387 e. The van der Waals surface area contributed by atoms with Crippen LogP contribution in [0.2, 0.25) is 5.15 Å². The van der Waals surface area contributed by atoms with Crippen LogP contribution in [0, 0.1) is 0 Å². The molecule has 0 bridgehead atoms. The maximum absolute atomic E-state index is 12.9. The molecule has 1 atom stereocenters. The van der Waals surface area contributed by atoms with Gasteiger partial charge < -0.3 is 10.1 Å². The van der Waals surface area contributed by atoms with Crippen molar-refractivity contribution >= 4 is 23.2 Å². The first kappa shape index (κ1) is 17.7. The average Bonchev–Trinajstić information content (AvgIpc) is 2.97. The fraction of sp³-hybridized carbons (Fsp3) is 0.263. The van der Waals surface area contributed by atoms with Crippen LogP contribution in [0.1, 0.15) is 40.5 Å². The van der Waals surface area contributed by atoms with Gasteiger partial charge in [0.1, 0.15) is 11.4 Å². The third-order valence-electron chi connectivity index (χ3n) is 4.66. The minimum atomic E-state index is -2.86. The topological polar surface area (TPSA) is 55.6 Å². The molecule has 2 heterocycles. The number of fused-ring (bicyclic) bond motifs is 2. The smallest absolute Gasteiger partial charge is 0.387 e. The SMILES string of the molecule is O=C(N[C@@H]1CCCc2cc(OC(F)F)ccc21)c1c(Cl)nc2ccccn12. The predicted molar refractivity (Wildman–Crippen MR) is 96.4 cm³/mol. The molecule has 0 spiro atoms. The highest BCUT2D eigenvalue weighted by molar-refractivity contribution is 6.32. The highest BCUT2D eigenvalue weighted by Gasteiger charge is 2.26. The van der Waals surface area contributed by atoms with Gasteiger partial charge >= 0.3 is 6.61 Å². The van der Waals surface area contributed by atoms with E-state index in [0.717, 1.165) is 30.4 Å². The number of alkyl halides is 2. The highest BCUT2D eigenvalue weighted by atomic mass is 35.5. The zero-order valence-electron chi connectivity index (χ0n) is 14.2. The van der Waals surface area contributed by atoms with Crippen LogP contribution in [0.25, 0.3) is 5.65 Å². The Morgan fingerprint density at radius 1 is 1.33 bits per heavy atom. The zero-order chi connectivity index (χ0) is 19.0. The van der Waals surface area contributed by atoms with E-state index < -0.39 is 6.61 Å². The van der Waals surface area contributed by atoms with Gasteiger partial charge in [0, 0.05) is 6.20 Å². The highest BCUT2D eigenvalue weighted by Crippen LogP contribution is 2.33. The number of imidazole rings is 1. The van der Waals surface area contributed by atoms with Crippen molar-refractivity contribution < 1.29 is 18.3 Å². The Kier molecular flexibility index (Phi) is 4.70. The number of carbonyl (C=O) groups excluding carboxylic acids is 1. The van der Waals surface area contributed by atoms with Gasteiger partial charge in [-0.3, -0.25) is 9.20 Å². The average molecular weight is 392 g/mol. The third-order valence-corrected chi connectivity index (χ3v) is 4.93. The number of nitrogens with one attached hydrogen (secondary N) is 1. The van der Waals surface area contributed by atoms with Crippen molar-refractivity contribution in [2.24, 2.45) is 0 Å². The summed E-state index contributed by atoms with van der Waals surface area (Å²) >= 11 is 6.17. The Bertz CT molecular complexity index is 1010. The van der Waals surface area contributed by atoms with E-state index in [9.17, 15) is 13.6 Å². The van der Waals surface area contributed by atoms with E-state index in [2.05, 4.69) is 15.0 Å². The summed E-state index contributed by atoms with van der Waals surface area (Å²) in [5.41, 5.74) is 2.66. The van der Waals surface area contributed by atoms with E-state index in [1.54, 1.807) is 34.9 Å². The molecule has 1 N–H and O–H groups in total. The Balaban J connectivity index is 1.60. The number of benzene rings is 1. The minimum Gasteiger partial charge on any atom is -0.435 e. The minimum absolute atomic E-state index is 0.126. The summed E-state index contributed by atoms with van der Waals surface area (Å²) in [4.78, 5) is 17.0. The lowest BCUT2D eigenvalue weighted by Gasteiger charge is -2.27. The van der Waals surface area contributed by atoms with Crippen LogP contribution in [0.5, 0.6) is 5.75 Å². The fourth-order valence-electron chi connectivity index (χ4n) is 3.51. The van der Waals surface area contributed by atoms with Crippen LogP contribution in [0.3, 0.4) is 0 Å². The van der Waals surface area contributed by atoms with Gasteiger partial charge in [-0.2, -0.15) is 8.78 Å². The van der Waals surface area contributed by atoms with Crippen molar-refractivity contribution in [1.29, 1.82) is 0 Å². The number of pyridine rings is 1. The molecule has 3 aromatic rings. The number of aryl methyl sites for hydroxylation is 1. The van der Waals surface area contributed by atoms with Gasteiger partial charge in [-0.05, 0) is 54.7 Å². The van der Waals surface area contributed by atoms with Gasteiger partial charge in [-0.1, -0.05) is 23.7 Å². The number of aromatic nitrogens is 2. The lowest BCUT2D eigenvalue weighted by molar-refractivity contribution is -0.0499. The van der Waals surface area contributed by atoms with Crippen LogP contribution >= 0.6 is 11.6 Å². The molecule has 0 aliphatic heterocycles. The van der Waals surface area contributed by atoms with E-state index in [-0.39, 0.29) is 28.5 Å². The quantitative estimate of drug-likeness (QED) is 0.717. The molecule has 1 amide bonds. The maximum atomic E-state index is 12.9. The van der Waals surface area contributed by atoms with Crippen LogP contribution < -0.4 is 10.1 Å². The second-order valence-electron chi connectivity index (χ2n) is 6.34. The molecule has 8 heteroatoms. The molecular formula is C19H16ClF2N3O2. The summed E-state index contributed by atoms with van der Waals surface area (Å²) < 4.78 is 31.0.